The summed E-state index contributed by atoms with van der Waals surface area (Å²) in [4.78, 5) is 17.4. The molecule has 0 atom stereocenters. The van der Waals surface area contributed by atoms with Gasteiger partial charge in [0.15, 0.2) is 0 Å². The van der Waals surface area contributed by atoms with E-state index in [9.17, 15) is 17.6 Å². The Morgan fingerprint density at radius 1 is 1.24 bits per heavy atom. The smallest absolute Gasteiger partial charge is 0.261 e. The fourth-order valence-corrected chi connectivity index (χ4v) is 5.25. The Kier molecular flexibility index (Phi) is 4.99. The minimum atomic E-state index is -3.55. The lowest BCUT2D eigenvalue weighted by Crippen LogP contribution is -2.40. The van der Waals surface area contributed by atoms with Crippen LogP contribution in [0.4, 0.5) is 4.39 Å². The number of fused-ring (bicyclic) bond motifs is 1. The predicted octanol–water partition coefficient (Wildman–Crippen LogP) is 1.68. The number of nitrogens with zero attached hydrogens (tertiary/aromatic N) is 5. The van der Waals surface area contributed by atoms with E-state index in [4.69, 9.17) is 0 Å². The molecule has 154 valence electrons. The van der Waals surface area contributed by atoms with E-state index in [2.05, 4.69) is 10.1 Å². The Bertz CT molecular complexity index is 1230. The van der Waals surface area contributed by atoms with E-state index < -0.39 is 15.8 Å². The van der Waals surface area contributed by atoms with Crippen LogP contribution in [0.25, 0.3) is 10.9 Å². The zero-order valence-electron chi connectivity index (χ0n) is 16.2. The summed E-state index contributed by atoms with van der Waals surface area (Å²) in [5.74, 6) is 0.258. The second-order valence-corrected chi connectivity index (χ2v) is 9.37. The van der Waals surface area contributed by atoms with Crippen molar-refractivity contribution >= 4 is 20.9 Å². The zero-order chi connectivity index (χ0) is 20.8. The van der Waals surface area contributed by atoms with Crippen molar-refractivity contribution in [1.82, 2.24) is 23.6 Å². The molecular formula is C19H22FN5O3S. The van der Waals surface area contributed by atoms with Gasteiger partial charge < -0.3 is 0 Å². The van der Waals surface area contributed by atoms with Crippen LogP contribution in [0, 0.1) is 18.7 Å². The molecule has 0 radical (unpaired) electrons. The molecule has 1 aliphatic heterocycles. The number of piperidine rings is 1. The van der Waals surface area contributed by atoms with Gasteiger partial charge in [0, 0.05) is 38.9 Å². The van der Waals surface area contributed by atoms with E-state index in [1.54, 1.807) is 18.5 Å². The van der Waals surface area contributed by atoms with Gasteiger partial charge in [-0.2, -0.15) is 9.40 Å². The lowest BCUT2D eigenvalue weighted by Gasteiger charge is -2.31. The standard InChI is InChI=1S/C19H22FN5O3S/c1-13-22-18-9-15(20)3-4-17(18)19(26)25(13)11-14-5-7-24(8-6-14)29(27,28)16-10-21-23(2)12-16/h3-4,9-10,12,14H,5-8,11H2,1-2H3. The molecule has 8 nitrogen and oxygen atoms in total. The lowest BCUT2D eigenvalue weighted by atomic mass is 9.98. The molecule has 3 aromatic rings. The molecule has 0 N–H and O–H groups in total. The van der Waals surface area contributed by atoms with Crippen molar-refractivity contribution in [2.45, 2.75) is 31.2 Å². The first-order valence-electron chi connectivity index (χ1n) is 9.41. The fraction of sp³-hybridized carbons (Fsp3) is 0.421. The minimum absolute atomic E-state index is 0.159. The van der Waals surface area contributed by atoms with Gasteiger partial charge in [-0.15, -0.1) is 0 Å². The van der Waals surface area contributed by atoms with Crippen molar-refractivity contribution in [2.24, 2.45) is 13.0 Å². The topological polar surface area (TPSA) is 90.1 Å². The average Bonchev–Trinajstić information content (AvgIpc) is 3.12. The van der Waals surface area contributed by atoms with Gasteiger partial charge in [-0.1, -0.05) is 0 Å². The number of sulfonamides is 1. The number of benzene rings is 1. The third-order valence-electron chi connectivity index (χ3n) is 5.44. The Balaban J connectivity index is 1.50. The molecule has 0 amide bonds. The van der Waals surface area contributed by atoms with Crippen LogP contribution >= 0.6 is 0 Å². The van der Waals surface area contributed by atoms with E-state index >= 15 is 0 Å². The molecule has 1 fully saturated rings. The van der Waals surface area contributed by atoms with Crippen molar-refractivity contribution < 1.29 is 12.8 Å². The predicted molar refractivity (Wildman–Crippen MR) is 105 cm³/mol. The second-order valence-electron chi connectivity index (χ2n) is 7.43. The number of aromatic nitrogens is 4. The van der Waals surface area contributed by atoms with Crippen LogP contribution in [-0.2, 0) is 23.6 Å². The van der Waals surface area contributed by atoms with Crippen molar-refractivity contribution in [2.75, 3.05) is 13.1 Å². The SMILES string of the molecule is Cc1nc2cc(F)ccc2c(=O)n1CC1CCN(S(=O)(=O)c2cnn(C)c2)CC1. The van der Waals surface area contributed by atoms with Gasteiger partial charge in [-0.3, -0.25) is 14.0 Å². The Hall–Kier alpha value is -2.59. The Morgan fingerprint density at radius 2 is 1.97 bits per heavy atom. The quantitative estimate of drug-likeness (QED) is 0.642. The molecular weight excluding hydrogens is 397 g/mol. The zero-order valence-corrected chi connectivity index (χ0v) is 17.1. The summed E-state index contributed by atoms with van der Waals surface area (Å²) in [6.45, 7) is 2.98. The molecule has 29 heavy (non-hydrogen) atoms. The molecule has 1 aliphatic rings. The van der Waals surface area contributed by atoms with Gasteiger partial charge in [0.2, 0.25) is 10.0 Å². The van der Waals surface area contributed by atoms with Crippen LogP contribution in [-0.4, -0.2) is 45.1 Å². The molecule has 0 saturated carbocycles. The summed E-state index contributed by atoms with van der Waals surface area (Å²) >= 11 is 0. The lowest BCUT2D eigenvalue weighted by molar-refractivity contribution is 0.250. The Labute approximate surface area is 167 Å². The number of hydrogen-bond acceptors (Lipinski definition) is 5. The van der Waals surface area contributed by atoms with E-state index in [1.807, 2.05) is 0 Å². The summed E-state index contributed by atoms with van der Waals surface area (Å²) in [5, 5.41) is 4.32. The Morgan fingerprint density at radius 3 is 2.62 bits per heavy atom. The highest BCUT2D eigenvalue weighted by Crippen LogP contribution is 2.25. The highest BCUT2D eigenvalue weighted by atomic mass is 32.2. The first-order chi connectivity index (χ1) is 13.8. The molecule has 0 aliphatic carbocycles. The van der Waals surface area contributed by atoms with Crippen LogP contribution in [0.5, 0.6) is 0 Å². The van der Waals surface area contributed by atoms with Crippen LogP contribution in [0.3, 0.4) is 0 Å². The monoisotopic (exact) mass is 419 g/mol. The van der Waals surface area contributed by atoms with Crippen molar-refractivity contribution in [3.8, 4) is 0 Å². The minimum Gasteiger partial charge on any atom is -0.296 e. The van der Waals surface area contributed by atoms with Gasteiger partial charge in [0.1, 0.15) is 16.5 Å². The molecule has 1 aromatic carbocycles. The highest BCUT2D eigenvalue weighted by molar-refractivity contribution is 7.89. The number of rotatable bonds is 4. The molecule has 0 unspecified atom stereocenters. The average molecular weight is 419 g/mol. The van der Waals surface area contributed by atoms with Crippen LogP contribution in [0.15, 0.2) is 40.3 Å². The summed E-state index contributed by atoms with van der Waals surface area (Å²) in [6, 6.07) is 3.97. The summed E-state index contributed by atoms with van der Waals surface area (Å²) in [6.07, 6.45) is 4.14. The third-order valence-corrected chi connectivity index (χ3v) is 7.29. The van der Waals surface area contributed by atoms with Crippen LogP contribution < -0.4 is 5.56 Å². The largest absolute Gasteiger partial charge is 0.296 e. The summed E-state index contributed by atoms with van der Waals surface area (Å²) in [7, 11) is -1.88. The first-order valence-corrected chi connectivity index (χ1v) is 10.9. The number of aryl methyl sites for hydroxylation is 2. The van der Waals surface area contributed by atoms with Gasteiger partial charge >= 0.3 is 0 Å². The molecule has 1 saturated heterocycles. The molecule has 0 spiro atoms. The van der Waals surface area contributed by atoms with E-state index in [0.717, 1.165) is 0 Å². The maximum absolute atomic E-state index is 13.4. The van der Waals surface area contributed by atoms with E-state index in [1.165, 1.54) is 39.6 Å². The van der Waals surface area contributed by atoms with Crippen molar-refractivity contribution in [1.29, 1.82) is 0 Å². The first kappa shape index (κ1) is 19.7. The molecule has 10 heteroatoms. The van der Waals surface area contributed by atoms with Crippen LogP contribution in [0.2, 0.25) is 0 Å². The van der Waals surface area contributed by atoms with E-state index in [-0.39, 0.29) is 16.4 Å². The third kappa shape index (κ3) is 3.69. The molecule has 2 aromatic heterocycles. The molecule has 4 rings (SSSR count). The van der Waals surface area contributed by atoms with Crippen molar-refractivity contribution in [3.05, 3.63) is 52.6 Å². The number of halogens is 1. The maximum Gasteiger partial charge on any atom is 0.261 e. The van der Waals surface area contributed by atoms with Gasteiger partial charge in [0.25, 0.3) is 5.56 Å². The van der Waals surface area contributed by atoms with Gasteiger partial charge in [0.05, 0.1) is 17.1 Å². The van der Waals surface area contributed by atoms with Crippen molar-refractivity contribution in [3.63, 3.8) is 0 Å². The fourth-order valence-electron chi connectivity index (χ4n) is 3.79. The normalized spacial score (nSPS) is 16.5. The van der Waals surface area contributed by atoms with Crippen LogP contribution in [0.1, 0.15) is 18.7 Å². The molecule has 3 heterocycles. The van der Waals surface area contributed by atoms with Gasteiger partial charge in [-0.25, -0.2) is 17.8 Å². The highest BCUT2D eigenvalue weighted by Gasteiger charge is 2.30. The summed E-state index contributed by atoms with van der Waals surface area (Å²) < 4.78 is 43.4. The summed E-state index contributed by atoms with van der Waals surface area (Å²) in [5.41, 5.74) is 0.152. The second kappa shape index (κ2) is 7.34. The number of hydrogen-bond donors (Lipinski definition) is 0. The molecule has 0 bridgehead atoms. The maximum atomic E-state index is 13.4. The van der Waals surface area contributed by atoms with Gasteiger partial charge in [-0.05, 0) is 37.8 Å². The van der Waals surface area contributed by atoms with E-state index in [0.29, 0.717) is 49.2 Å².